The van der Waals surface area contributed by atoms with Gasteiger partial charge >= 0.3 is 0 Å². The van der Waals surface area contributed by atoms with Crippen molar-refractivity contribution in [3.05, 3.63) is 28.8 Å². The Hall–Kier alpha value is -0.770. The fourth-order valence-electron chi connectivity index (χ4n) is 1.91. The molecule has 0 aliphatic rings. The highest BCUT2D eigenvalue weighted by Crippen LogP contribution is 2.28. The van der Waals surface area contributed by atoms with Crippen molar-refractivity contribution in [2.75, 3.05) is 25.2 Å². The van der Waals surface area contributed by atoms with Crippen molar-refractivity contribution < 1.29 is 9.84 Å². The molecule has 0 heterocycles. The minimum atomic E-state index is -0.543. The van der Waals surface area contributed by atoms with Gasteiger partial charge in [-0.15, -0.1) is 0 Å². The van der Waals surface area contributed by atoms with Crippen LogP contribution in [0.2, 0.25) is 5.02 Å². The summed E-state index contributed by atoms with van der Waals surface area (Å²) in [5.74, 6) is 0. The standard InChI is InChI=1S/C14H22ClNO2/c1-10(2)16(7-8-18-4)12-5-6-13(11(3)17)14(15)9-12/h5-6,9-11,17H,7-8H2,1-4H3. The molecule has 0 aromatic heterocycles. The van der Waals surface area contributed by atoms with Crippen molar-refractivity contribution in [2.24, 2.45) is 0 Å². The number of anilines is 1. The van der Waals surface area contributed by atoms with Gasteiger partial charge in [-0.05, 0) is 38.5 Å². The van der Waals surface area contributed by atoms with E-state index in [4.69, 9.17) is 16.3 Å². The zero-order valence-corrected chi connectivity index (χ0v) is 12.2. The molecule has 0 bridgehead atoms. The molecule has 1 N–H and O–H groups in total. The second-order valence-electron chi connectivity index (χ2n) is 4.66. The number of hydrogen-bond acceptors (Lipinski definition) is 3. The summed E-state index contributed by atoms with van der Waals surface area (Å²) < 4.78 is 5.12. The van der Waals surface area contributed by atoms with E-state index in [9.17, 15) is 5.11 Å². The van der Waals surface area contributed by atoms with Gasteiger partial charge in [0.1, 0.15) is 0 Å². The number of halogens is 1. The molecule has 1 aromatic rings. The van der Waals surface area contributed by atoms with Crippen molar-refractivity contribution in [1.82, 2.24) is 0 Å². The number of hydrogen-bond donors (Lipinski definition) is 1. The molecule has 102 valence electrons. The summed E-state index contributed by atoms with van der Waals surface area (Å²) in [6.07, 6.45) is -0.543. The zero-order chi connectivity index (χ0) is 13.7. The third-order valence-corrected chi connectivity index (χ3v) is 3.25. The van der Waals surface area contributed by atoms with Gasteiger partial charge in [0.2, 0.25) is 0 Å². The molecule has 1 rings (SSSR count). The topological polar surface area (TPSA) is 32.7 Å². The lowest BCUT2D eigenvalue weighted by atomic mass is 10.1. The van der Waals surface area contributed by atoms with Gasteiger partial charge in [0.15, 0.2) is 0 Å². The Bertz CT molecular complexity index is 380. The first-order valence-corrected chi connectivity index (χ1v) is 6.58. The molecule has 4 heteroatoms. The van der Waals surface area contributed by atoms with Crippen LogP contribution < -0.4 is 4.90 Å². The van der Waals surface area contributed by atoms with E-state index in [2.05, 4.69) is 18.7 Å². The molecule has 18 heavy (non-hydrogen) atoms. The van der Waals surface area contributed by atoms with Gasteiger partial charge in [-0.3, -0.25) is 0 Å². The van der Waals surface area contributed by atoms with Crippen LogP contribution in [-0.4, -0.2) is 31.4 Å². The second-order valence-corrected chi connectivity index (χ2v) is 5.07. The van der Waals surface area contributed by atoms with Gasteiger partial charge in [0.25, 0.3) is 0 Å². The third-order valence-electron chi connectivity index (χ3n) is 2.93. The van der Waals surface area contributed by atoms with E-state index >= 15 is 0 Å². The molecule has 1 unspecified atom stereocenters. The van der Waals surface area contributed by atoms with Crippen LogP contribution in [0, 0.1) is 0 Å². The highest BCUT2D eigenvalue weighted by atomic mass is 35.5. The first kappa shape index (κ1) is 15.3. The maximum Gasteiger partial charge on any atom is 0.0776 e. The maximum absolute atomic E-state index is 9.57. The molecule has 0 aliphatic carbocycles. The Kier molecular flexibility index (Phi) is 5.93. The Balaban J connectivity index is 2.95. The summed E-state index contributed by atoms with van der Waals surface area (Å²) in [6, 6.07) is 6.14. The van der Waals surface area contributed by atoms with Crippen LogP contribution in [0.3, 0.4) is 0 Å². The summed E-state index contributed by atoms with van der Waals surface area (Å²) in [5.41, 5.74) is 1.81. The molecule has 0 aliphatic heterocycles. The molecule has 0 saturated heterocycles. The van der Waals surface area contributed by atoms with Crippen LogP contribution >= 0.6 is 11.6 Å². The number of aliphatic hydroxyl groups is 1. The fourth-order valence-corrected chi connectivity index (χ4v) is 2.24. The first-order valence-electron chi connectivity index (χ1n) is 6.20. The molecular weight excluding hydrogens is 250 g/mol. The maximum atomic E-state index is 9.57. The molecule has 1 atom stereocenters. The van der Waals surface area contributed by atoms with E-state index in [1.165, 1.54) is 0 Å². The van der Waals surface area contributed by atoms with Gasteiger partial charge in [-0.2, -0.15) is 0 Å². The van der Waals surface area contributed by atoms with E-state index in [1.807, 2.05) is 18.2 Å². The van der Waals surface area contributed by atoms with E-state index in [0.717, 1.165) is 17.8 Å². The van der Waals surface area contributed by atoms with Crippen LogP contribution in [0.1, 0.15) is 32.4 Å². The van der Waals surface area contributed by atoms with Crippen molar-refractivity contribution in [1.29, 1.82) is 0 Å². The first-order chi connectivity index (χ1) is 8.47. The van der Waals surface area contributed by atoms with Crippen molar-refractivity contribution in [2.45, 2.75) is 32.9 Å². The van der Waals surface area contributed by atoms with Crippen LogP contribution in [0.25, 0.3) is 0 Å². The predicted octanol–water partition coefficient (Wildman–Crippen LogP) is 3.25. The van der Waals surface area contributed by atoms with Crippen molar-refractivity contribution >= 4 is 17.3 Å². The van der Waals surface area contributed by atoms with Gasteiger partial charge in [0, 0.05) is 30.4 Å². The Labute approximate surface area is 114 Å². The molecule has 0 saturated carbocycles. The van der Waals surface area contributed by atoms with Crippen molar-refractivity contribution in [3.8, 4) is 0 Å². The number of aliphatic hydroxyl groups excluding tert-OH is 1. The number of ether oxygens (including phenoxy) is 1. The van der Waals surface area contributed by atoms with E-state index in [0.29, 0.717) is 17.7 Å². The zero-order valence-electron chi connectivity index (χ0n) is 11.5. The highest BCUT2D eigenvalue weighted by Gasteiger charge is 2.13. The molecule has 0 radical (unpaired) electrons. The third kappa shape index (κ3) is 3.87. The number of rotatable bonds is 6. The lowest BCUT2D eigenvalue weighted by Crippen LogP contribution is -2.33. The van der Waals surface area contributed by atoms with Crippen molar-refractivity contribution in [3.63, 3.8) is 0 Å². The van der Waals surface area contributed by atoms with Crippen LogP contribution in [0.5, 0.6) is 0 Å². The monoisotopic (exact) mass is 271 g/mol. The lowest BCUT2D eigenvalue weighted by Gasteiger charge is -2.29. The van der Waals surface area contributed by atoms with Gasteiger partial charge < -0.3 is 14.7 Å². The summed E-state index contributed by atoms with van der Waals surface area (Å²) in [7, 11) is 1.70. The SMILES string of the molecule is COCCN(c1ccc(C(C)O)c(Cl)c1)C(C)C. The van der Waals surface area contributed by atoms with Crippen LogP contribution in [-0.2, 0) is 4.74 Å². The van der Waals surface area contributed by atoms with Crippen LogP contribution in [0.15, 0.2) is 18.2 Å². The van der Waals surface area contributed by atoms with E-state index < -0.39 is 6.10 Å². The summed E-state index contributed by atoms with van der Waals surface area (Å²) in [4.78, 5) is 2.22. The van der Waals surface area contributed by atoms with Gasteiger partial charge in [-0.25, -0.2) is 0 Å². The number of methoxy groups -OCH3 is 1. The molecule has 0 amide bonds. The van der Waals surface area contributed by atoms with E-state index in [1.54, 1.807) is 14.0 Å². The minimum absolute atomic E-state index is 0.369. The number of nitrogens with zero attached hydrogens (tertiary/aromatic N) is 1. The second kappa shape index (κ2) is 6.98. The van der Waals surface area contributed by atoms with E-state index in [-0.39, 0.29) is 0 Å². The normalized spacial score (nSPS) is 12.8. The van der Waals surface area contributed by atoms with Crippen LogP contribution in [0.4, 0.5) is 5.69 Å². The Morgan fingerprint density at radius 1 is 1.33 bits per heavy atom. The van der Waals surface area contributed by atoms with Gasteiger partial charge in [-0.1, -0.05) is 17.7 Å². The Morgan fingerprint density at radius 2 is 2.00 bits per heavy atom. The highest BCUT2D eigenvalue weighted by molar-refractivity contribution is 6.31. The minimum Gasteiger partial charge on any atom is -0.389 e. The smallest absolute Gasteiger partial charge is 0.0776 e. The molecule has 3 nitrogen and oxygen atoms in total. The summed E-state index contributed by atoms with van der Waals surface area (Å²) in [6.45, 7) is 7.47. The van der Waals surface area contributed by atoms with Gasteiger partial charge in [0.05, 0.1) is 12.7 Å². The molecule has 1 aromatic carbocycles. The summed E-state index contributed by atoms with van der Waals surface area (Å²) in [5, 5.41) is 10.2. The Morgan fingerprint density at radius 3 is 2.44 bits per heavy atom. The molecule has 0 spiro atoms. The predicted molar refractivity (Wildman–Crippen MR) is 76.4 cm³/mol. The average molecular weight is 272 g/mol. The fraction of sp³-hybridized carbons (Fsp3) is 0.571. The molecule has 0 fully saturated rings. The average Bonchev–Trinajstić information content (AvgIpc) is 2.28. The lowest BCUT2D eigenvalue weighted by molar-refractivity contribution is 0.199. The molecular formula is C14H22ClNO2. The summed E-state index contributed by atoms with van der Waals surface area (Å²) >= 11 is 6.19. The largest absolute Gasteiger partial charge is 0.389 e. The quantitative estimate of drug-likeness (QED) is 0.862. The number of benzene rings is 1.